The predicted molar refractivity (Wildman–Crippen MR) is 83.0 cm³/mol. The van der Waals surface area contributed by atoms with Crippen LogP contribution in [0.15, 0.2) is 34.5 Å². The van der Waals surface area contributed by atoms with Crippen LogP contribution in [0.25, 0.3) is 0 Å². The minimum Gasteiger partial charge on any atom is -0.379 e. The molecule has 0 aliphatic rings. The van der Waals surface area contributed by atoms with E-state index in [2.05, 4.69) is 10.3 Å². The van der Waals surface area contributed by atoms with Crippen molar-refractivity contribution >= 4 is 26.9 Å². The van der Waals surface area contributed by atoms with Crippen LogP contribution in [0.2, 0.25) is 0 Å². The second-order valence-electron chi connectivity index (χ2n) is 4.58. The van der Waals surface area contributed by atoms with Crippen molar-refractivity contribution in [2.45, 2.75) is 31.7 Å². The first-order valence-corrected chi connectivity index (χ1v) is 9.02. The monoisotopic (exact) mass is 310 g/mol. The Bertz CT molecular complexity index is 661. The number of benzene rings is 1. The Hall–Kier alpha value is -1.40. The van der Waals surface area contributed by atoms with Crippen molar-refractivity contribution in [2.24, 2.45) is 0 Å². The molecular weight excluding hydrogens is 292 g/mol. The fraction of sp³-hybridized carbons (Fsp3) is 0.357. The van der Waals surface area contributed by atoms with Crippen molar-refractivity contribution in [1.29, 1.82) is 0 Å². The van der Waals surface area contributed by atoms with Gasteiger partial charge in [0.25, 0.3) is 0 Å². The summed E-state index contributed by atoms with van der Waals surface area (Å²) in [4.78, 5) is 4.75. The Kier molecular flexibility index (Phi) is 4.77. The maximum absolute atomic E-state index is 11.9. The van der Waals surface area contributed by atoms with Crippen LogP contribution in [-0.4, -0.2) is 19.2 Å². The van der Waals surface area contributed by atoms with Gasteiger partial charge in [-0.15, -0.1) is 11.3 Å². The summed E-state index contributed by atoms with van der Waals surface area (Å²) in [6, 6.07) is 6.90. The summed E-state index contributed by atoms with van der Waals surface area (Å²) in [5.41, 5.74) is 1.92. The first-order valence-electron chi connectivity index (χ1n) is 6.49. The zero-order valence-electron chi connectivity index (χ0n) is 11.6. The number of aromatic nitrogens is 1. The first kappa shape index (κ1) is 15.0. The summed E-state index contributed by atoms with van der Waals surface area (Å²) in [7, 11) is -3.13. The van der Waals surface area contributed by atoms with E-state index in [1.54, 1.807) is 35.6 Å². The molecule has 108 valence electrons. The van der Waals surface area contributed by atoms with Crippen molar-refractivity contribution in [3.05, 3.63) is 40.3 Å². The zero-order chi connectivity index (χ0) is 14.6. The Morgan fingerprint density at radius 1 is 1.25 bits per heavy atom. The zero-order valence-corrected chi connectivity index (χ0v) is 13.2. The van der Waals surface area contributed by atoms with Crippen LogP contribution < -0.4 is 5.32 Å². The Morgan fingerprint density at radius 3 is 2.50 bits per heavy atom. The number of nitrogens with zero attached hydrogens (tertiary/aromatic N) is 1. The molecule has 0 unspecified atom stereocenters. The van der Waals surface area contributed by atoms with Crippen LogP contribution in [0, 0.1) is 6.92 Å². The normalized spacial score (nSPS) is 11.5. The largest absolute Gasteiger partial charge is 0.379 e. The van der Waals surface area contributed by atoms with Crippen molar-refractivity contribution in [1.82, 2.24) is 4.98 Å². The van der Waals surface area contributed by atoms with Crippen molar-refractivity contribution in [2.75, 3.05) is 11.1 Å². The lowest BCUT2D eigenvalue weighted by Gasteiger charge is -2.06. The first-order chi connectivity index (χ1) is 9.51. The van der Waals surface area contributed by atoms with Crippen molar-refractivity contribution in [3.8, 4) is 0 Å². The number of sulfone groups is 1. The quantitative estimate of drug-likeness (QED) is 0.890. The highest BCUT2D eigenvalue weighted by Gasteiger charge is 2.12. The molecule has 2 aromatic rings. The van der Waals surface area contributed by atoms with E-state index in [0.29, 0.717) is 17.9 Å². The van der Waals surface area contributed by atoms with Gasteiger partial charge in [-0.25, -0.2) is 13.4 Å². The summed E-state index contributed by atoms with van der Waals surface area (Å²) in [6.45, 7) is 4.48. The van der Waals surface area contributed by atoms with E-state index in [1.807, 2.05) is 19.2 Å². The summed E-state index contributed by atoms with van der Waals surface area (Å²) in [5, 5.41) is 6.27. The lowest BCUT2D eigenvalue weighted by atomic mass is 10.3. The van der Waals surface area contributed by atoms with Crippen LogP contribution in [0.4, 0.5) is 5.69 Å². The molecule has 0 atom stereocenters. The number of aryl methyl sites for hydroxylation is 1. The molecule has 0 aliphatic carbocycles. The summed E-state index contributed by atoms with van der Waals surface area (Å²) >= 11 is 1.61. The van der Waals surface area contributed by atoms with E-state index in [4.69, 9.17) is 0 Å². The molecule has 1 N–H and O–H groups in total. The molecule has 20 heavy (non-hydrogen) atoms. The smallest absolute Gasteiger partial charge is 0.178 e. The molecule has 1 aromatic heterocycles. The van der Waals surface area contributed by atoms with E-state index < -0.39 is 9.84 Å². The second-order valence-corrected chi connectivity index (χ2v) is 7.63. The molecule has 0 radical (unpaired) electrons. The van der Waals surface area contributed by atoms with Crippen LogP contribution in [0.3, 0.4) is 0 Å². The number of nitrogens with one attached hydrogen (secondary N) is 1. The van der Waals surface area contributed by atoms with E-state index >= 15 is 0 Å². The topological polar surface area (TPSA) is 59.1 Å². The number of hydrogen-bond acceptors (Lipinski definition) is 5. The Morgan fingerprint density at radius 2 is 1.95 bits per heavy atom. The molecule has 0 spiro atoms. The number of rotatable bonds is 6. The predicted octanol–water partition coefficient (Wildman–Crippen LogP) is 3.25. The van der Waals surface area contributed by atoms with Gasteiger partial charge in [-0.05, 0) is 37.6 Å². The van der Waals surface area contributed by atoms with Gasteiger partial charge < -0.3 is 5.32 Å². The van der Waals surface area contributed by atoms with E-state index in [1.165, 1.54) is 0 Å². The van der Waals surface area contributed by atoms with Crippen molar-refractivity contribution < 1.29 is 8.42 Å². The third-order valence-corrected chi connectivity index (χ3v) is 5.70. The van der Waals surface area contributed by atoms with E-state index in [0.717, 1.165) is 16.4 Å². The third kappa shape index (κ3) is 3.80. The third-order valence-electron chi connectivity index (χ3n) is 2.80. The van der Waals surface area contributed by atoms with Gasteiger partial charge in [0.1, 0.15) is 5.01 Å². The SMILES string of the molecule is CCCS(=O)(=O)c1ccc(NCc2nc(C)cs2)cc1. The maximum Gasteiger partial charge on any atom is 0.178 e. The summed E-state index contributed by atoms with van der Waals surface area (Å²) in [5.74, 6) is 0.193. The summed E-state index contributed by atoms with van der Waals surface area (Å²) in [6.07, 6.45) is 0.631. The van der Waals surface area contributed by atoms with Crippen molar-refractivity contribution in [3.63, 3.8) is 0 Å². The molecule has 0 amide bonds. The minimum atomic E-state index is -3.13. The molecule has 0 bridgehead atoms. The molecular formula is C14H18N2O2S2. The van der Waals surface area contributed by atoms with Gasteiger partial charge >= 0.3 is 0 Å². The molecule has 6 heteroatoms. The maximum atomic E-state index is 11.9. The minimum absolute atomic E-state index is 0.193. The fourth-order valence-corrected chi connectivity index (χ4v) is 3.86. The van der Waals surface area contributed by atoms with Crippen LogP contribution >= 0.6 is 11.3 Å². The molecule has 0 saturated heterocycles. The van der Waals surface area contributed by atoms with Gasteiger partial charge in [-0.3, -0.25) is 0 Å². The Balaban J connectivity index is 2.01. The highest BCUT2D eigenvalue weighted by atomic mass is 32.2. The van der Waals surface area contributed by atoms with Gasteiger partial charge in [0.05, 0.1) is 17.2 Å². The average Bonchev–Trinajstić information content (AvgIpc) is 2.83. The second kappa shape index (κ2) is 6.37. The molecule has 0 aliphatic heterocycles. The molecule has 0 fully saturated rings. The van der Waals surface area contributed by atoms with Gasteiger partial charge in [0, 0.05) is 16.8 Å². The molecule has 1 aromatic carbocycles. The summed E-state index contributed by atoms with van der Waals surface area (Å²) < 4.78 is 23.8. The van der Waals surface area contributed by atoms with Gasteiger partial charge in [0.15, 0.2) is 9.84 Å². The van der Waals surface area contributed by atoms with Crippen LogP contribution in [0.1, 0.15) is 24.0 Å². The molecule has 1 heterocycles. The van der Waals surface area contributed by atoms with Gasteiger partial charge in [0.2, 0.25) is 0 Å². The fourth-order valence-electron chi connectivity index (χ4n) is 1.83. The molecule has 2 rings (SSSR count). The number of hydrogen-bond donors (Lipinski definition) is 1. The lowest BCUT2D eigenvalue weighted by Crippen LogP contribution is -2.06. The molecule has 4 nitrogen and oxygen atoms in total. The van der Waals surface area contributed by atoms with Gasteiger partial charge in [-0.1, -0.05) is 6.92 Å². The standard InChI is InChI=1S/C14H18N2O2S2/c1-3-8-20(17,18)13-6-4-12(5-7-13)15-9-14-16-11(2)10-19-14/h4-7,10,15H,3,8-9H2,1-2H3. The molecule has 0 saturated carbocycles. The van der Waals surface area contributed by atoms with Crippen LogP contribution in [-0.2, 0) is 16.4 Å². The number of thiazole rings is 1. The van der Waals surface area contributed by atoms with E-state index in [9.17, 15) is 8.42 Å². The Labute approximate surface area is 123 Å². The number of anilines is 1. The highest BCUT2D eigenvalue weighted by Crippen LogP contribution is 2.17. The van der Waals surface area contributed by atoms with Gasteiger partial charge in [-0.2, -0.15) is 0 Å². The lowest BCUT2D eigenvalue weighted by molar-refractivity contribution is 0.595. The van der Waals surface area contributed by atoms with Crippen LogP contribution in [0.5, 0.6) is 0 Å². The van der Waals surface area contributed by atoms with E-state index in [-0.39, 0.29) is 5.75 Å². The highest BCUT2D eigenvalue weighted by molar-refractivity contribution is 7.91. The average molecular weight is 310 g/mol.